The lowest BCUT2D eigenvalue weighted by Gasteiger charge is -2.36. The maximum Gasteiger partial charge on any atom is 0.408 e. The molecule has 2 atom stereocenters. The van der Waals surface area contributed by atoms with E-state index in [2.05, 4.69) is 50.2 Å². The molecule has 0 bridgehead atoms. The summed E-state index contributed by atoms with van der Waals surface area (Å²) in [5, 5.41) is 13.3. The zero-order valence-corrected chi connectivity index (χ0v) is 23.8. The van der Waals surface area contributed by atoms with Crippen molar-refractivity contribution in [2.24, 2.45) is 0 Å². The Hall–Kier alpha value is -2.99. The second kappa shape index (κ2) is 10.2. The average molecular weight is 513 g/mol. The Kier molecular flexibility index (Phi) is 7.79. The summed E-state index contributed by atoms with van der Waals surface area (Å²) in [4.78, 5) is 31.0. The molecule has 196 valence electrons. The molecule has 1 saturated heterocycles. The number of ether oxygens (including phenoxy) is 1. The van der Waals surface area contributed by atoms with E-state index in [1.54, 1.807) is 25.7 Å². The van der Waals surface area contributed by atoms with Crippen molar-refractivity contribution < 1.29 is 18.8 Å². The number of nitrogens with one attached hydrogen (secondary N) is 2. The number of rotatable bonds is 6. The van der Waals surface area contributed by atoms with Crippen LogP contribution in [0, 0.1) is 11.3 Å². The standard InChI is InChI=1S/C27H40N4O4Si/c1-26(2,3)34-25(33)30-23(24(32)31-13-9-10-19(31)16-28)14-18-17-29-22-12-11-20(15-21(18)22)35-36(7,8)27(4,5)6/h11-12,15,17,19,23,29H,9-10,13-14H2,1-8H3,(H,30,33)/t19-,23?/m0/s1. The van der Waals surface area contributed by atoms with E-state index < -0.39 is 32.1 Å². The van der Waals surface area contributed by atoms with Gasteiger partial charge in [-0.05, 0) is 75.5 Å². The maximum atomic E-state index is 13.5. The summed E-state index contributed by atoms with van der Waals surface area (Å²) in [5.41, 5.74) is 1.11. The number of carbonyl (C=O) groups is 2. The number of hydrogen-bond donors (Lipinski definition) is 2. The molecule has 2 N–H and O–H groups in total. The molecule has 8 nitrogen and oxygen atoms in total. The van der Waals surface area contributed by atoms with Crippen molar-refractivity contribution in [3.63, 3.8) is 0 Å². The van der Waals surface area contributed by atoms with Gasteiger partial charge in [-0.1, -0.05) is 20.8 Å². The van der Waals surface area contributed by atoms with Gasteiger partial charge < -0.3 is 24.4 Å². The van der Waals surface area contributed by atoms with E-state index in [1.165, 1.54) is 0 Å². The van der Waals surface area contributed by atoms with E-state index >= 15 is 0 Å². The van der Waals surface area contributed by atoms with Crippen LogP contribution in [0.1, 0.15) is 59.9 Å². The SMILES string of the molecule is CC(C)(C)OC(=O)NC(Cc1c[nH]c2ccc(O[Si](C)(C)C(C)(C)C)cc12)C(=O)N1CCC[C@H]1C#N. The van der Waals surface area contributed by atoms with Crippen LogP contribution in [0.4, 0.5) is 4.79 Å². The minimum atomic E-state index is -2.03. The first-order valence-electron chi connectivity index (χ1n) is 12.6. The molecule has 2 amide bonds. The smallest absolute Gasteiger partial charge is 0.408 e. The minimum Gasteiger partial charge on any atom is -0.543 e. The number of alkyl carbamates (subject to hydrolysis) is 1. The monoisotopic (exact) mass is 512 g/mol. The van der Waals surface area contributed by atoms with Crippen LogP contribution in [0.25, 0.3) is 10.9 Å². The van der Waals surface area contributed by atoms with Gasteiger partial charge in [0, 0.05) is 30.1 Å². The van der Waals surface area contributed by atoms with Crippen LogP contribution in [0.15, 0.2) is 24.4 Å². The van der Waals surface area contributed by atoms with Gasteiger partial charge in [-0.15, -0.1) is 0 Å². The largest absolute Gasteiger partial charge is 0.543 e. The summed E-state index contributed by atoms with van der Waals surface area (Å²) >= 11 is 0. The van der Waals surface area contributed by atoms with Gasteiger partial charge in [0.15, 0.2) is 0 Å². The number of aromatic nitrogens is 1. The molecule has 1 aliphatic heterocycles. The molecule has 36 heavy (non-hydrogen) atoms. The quantitative estimate of drug-likeness (QED) is 0.497. The Morgan fingerprint density at radius 3 is 2.56 bits per heavy atom. The van der Waals surface area contributed by atoms with Crippen LogP contribution in [0.5, 0.6) is 5.75 Å². The number of nitrogens with zero attached hydrogens (tertiary/aromatic N) is 2. The lowest BCUT2D eigenvalue weighted by Crippen LogP contribution is -2.51. The fourth-order valence-electron chi connectivity index (χ4n) is 4.07. The summed E-state index contributed by atoms with van der Waals surface area (Å²) in [6, 6.07) is 6.82. The summed E-state index contributed by atoms with van der Waals surface area (Å²) in [7, 11) is -2.03. The van der Waals surface area contributed by atoms with Gasteiger partial charge in [0.05, 0.1) is 6.07 Å². The molecule has 2 heterocycles. The highest BCUT2D eigenvalue weighted by atomic mass is 28.4. The van der Waals surface area contributed by atoms with E-state index in [1.807, 2.05) is 24.4 Å². The van der Waals surface area contributed by atoms with Gasteiger partial charge in [-0.3, -0.25) is 4.79 Å². The van der Waals surface area contributed by atoms with Gasteiger partial charge >= 0.3 is 6.09 Å². The summed E-state index contributed by atoms with van der Waals surface area (Å²) in [5.74, 6) is 0.523. The molecule has 1 fully saturated rings. The predicted octanol–water partition coefficient (Wildman–Crippen LogP) is 5.50. The zero-order chi connectivity index (χ0) is 26.9. The molecule has 9 heteroatoms. The Bertz CT molecular complexity index is 1150. The molecule has 0 saturated carbocycles. The Balaban J connectivity index is 1.91. The third-order valence-electron chi connectivity index (χ3n) is 7.02. The number of carbonyl (C=O) groups excluding carboxylic acids is 2. The van der Waals surface area contributed by atoms with E-state index in [4.69, 9.17) is 9.16 Å². The number of H-pyrrole nitrogens is 1. The number of likely N-dealkylation sites (tertiary alicyclic amines) is 1. The summed E-state index contributed by atoms with van der Waals surface area (Å²) in [6.07, 6.45) is 2.88. The van der Waals surface area contributed by atoms with E-state index in [-0.39, 0.29) is 17.4 Å². The number of fused-ring (bicyclic) bond motifs is 1. The highest BCUT2D eigenvalue weighted by Crippen LogP contribution is 2.38. The first kappa shape index (κ1) is 27.6. The van der Waals surface area contributed by atoms with Crippen molar-refractivity contribution in [1.82, 2.24) is 15.2 Å². The van der Waals surface area contributed by atoms with Crippen LogP contribution in [0.2, 0.25) is 18.1 Å². The van der Waals surface area contributed by atoms with Crippen molar-refractivity contribution in [2.45, 2.75) is 96.6 Å². The van der Waals surface area contributed by atoms with Crippen molar-refractivity contribution in [3.05, 3.63) is 30.0 Å². The number of aromatic amines is 1. The van der Waals surface area contributed by atoms with Crippen LogP contribution in [-0.4, -0.2) is 54.4 Å². The van der Waals surface area contributed by atoms with Crippen molar-refractivity contribution in [1.29, 1.82) is 5.26 Å². The van der Waals surface area contributed by atoms with Crippen molar-refractivity contribution in [3.8, 4) is 11.8 Å². The molecule has 0 spiro atoms. The van der Waals surface area contributed by atoms with Gasteiger partial charge in [0.2, 0.25) is 14.2 Å². The van der Waals surface area contributed by atoms with Gasteiger partial charge in [-0.25, -0.2) is 4.79 Å². The summed E-state index contributed by atoms with van der Waals surface area (Å²) < 4.78 is 11.9. The Morgan fingerprint density at radius 2 is 1.94 bits per heavy atom. The summed E-state index contributed by atoms with van der Waals surface area (Å²) in [6.45, 7) is 16.8. The number of nitriles is 1. The third kappa shape index (κ3) is 6.41. The molecule has 0 aliphatic carbocycles. The average Bonchev–Trinajstić information content (AvgIpc) is 3.37. The molecule has 1 aromatic carbocycles. The topological polar surface area (TPSA) is 107 Å². The van der Waals surface area contributed by atoms with E-state index in [0.717, 1.165) is 28.6 Å². The minimum absolute atomic E-state index is 0.0603. The van der Waals surface area contributed by atoms with Gasteiger partial charge in [0.1, 0.15) is 23.4 Å². The van der Waals surface area contributed by atoms with Gasteiger partial charge in [0.25, 0.3) is 0 Å². The molecular weight excluding hydrogens is 472 g/mol. The molecule has 2 aromatic rings. The van der Waals surface area contributed by atoms with Gasteiger partial charge in [-0.2, -0.15) is 5.26 Å². The van der Waals surface area contributed by atoms with Crippen molar-refractivity contribution >= 4 is 31.2 Å². The number of benzene rings is 1. The second-order valence-electron chi connectivity index (χ2n) is 12.1. The molecule has 0 radical (unpaired) electrons. The maximum absolute atomic E-state index is 13.5. The molecule has 1 aromatic heterocycles. The number of hydrogen-bond acceptors (Lipinski definition) is 5. The Morgan fingerprint density at radius 1 is 1.25 bits per heavy atom. The fourth-order valence-corrected chi connectivity index (χ4v) is 5.09. The number of amides is 2. The van der Waals surface area contributed by atoms with Crippen LogP contribution < -0.4 is 9.74 Å². The highest BCUT2D eigenvalue weighted by molar-refractivity contribution is 6.74. The van der Waals surface area contributed by atoms with Crippen LogP contribution in [0.3, 0.4) is 0 Å². The second-order valence-corrected chi connectivity index (χ2v) is 16.8. The third-order valence-corrected chi connectivity index (χ3v) is 11.4. The molecule has 1 aliphatic rings. The highest BCUT2D eigenvalue weighted by Gasteiger charge is 2.39. The fraction of sp³-hybridized carbons (Fsp3) is 0.593. The van der Waals surface area contributed by atoms with E-state index in [0.29, 0.717) is 13.0 Å². The molecule has 3 rings (SSSR count). The van der Waals surface area contributed by atoms with Crippen molar-refractivity contribution in [2.75, 3.05) is 6.54 Å². The molecule has 1 unspecified atom stereocenters. The normalized spacial score (nSPS) is 17.5. The molecular formula is C27H40N4O4Si. The Labute approximate surface area is 215 Å². The predicted molar refractivity (Wildman–Crippen MR) is 143 cm³/mol. The lowest BCUT2D eigenvalue weighted by molar-refractivity contribution is -0.133. The van der Waals surface area contributed by atoms with E-state index in [9.17, 15) is 14.9 Å². The lowest BCUT2D eigenvalue weighted by atomic mass is 10.0. The van der Waals surface area contributed by atoms with Crippen LogP contribution >= 0.6 is 0 Å². The zero-order valence-electron chi connectivity index (χ0n) is 22.8. The van der Waals surface area contributed by atoms with Crippen LogP contribution in [-0.2, 0) is 16.0 Å². The first-order chi connectivity index (χ1) is 16.6. The first-order valence-corrected chi connectivity index (χ1v) is 15.5.